The molecule has 0 unspecified atom stereocenters. The fraction of sp³-hybridized carbons (Fsp3) is 0.368. The fourth-order valence-corrected chi connectivity index (χ4v) is 2.77. The molecule has 1 aromatic carbocycles. The highest BCUT2D eigenvalue weighted by atomic mass is 35.5. The van der Waals surface area contributed by atoms with Gasteiger partial charge >= 0.3 is 0 Å². The number of nitrogens with zero attached hydrogens (tertiary/aromatic N) is 2. The van der Waals surface area contributed by atoms with Crippen molar-refractivity contribution >= 4 is 35.0 Å². The Kier molecular flexibility index (Phi) is 7.68. The summed E-state index contributed by atoms with van der Waals surface area (Å²) in [4.78, 5) is 26.7. The van der Waals surface area contributed by atoms with Crippen molar-refractivity contribution in [1.82, 2.24) is 9.80 Å². The number of halogens is 3. The van der Waals surface area contributed by atoms with Crippen LogP contribution in [-0.2, 0) is 22.7 Å². The van der Waals surface area contributed by atoms with Gasteiger partial charge in [0, 0.05) is 12.6 Å². The van der Waals surface area contributed by atoms with Crippen molar-refractivity contribution in [3.8, 4) is 0 Å². The van der Waals surface area contributed by atoms with Crippen LogP contribution in [0, 0.1) is 5.82 Å². The van der Waals surface area contributed by atoms with E-state index in [1.165, 1.54) is 28.2 Å². The summed E-state index contributed by atoms with van der Waals surface area (Å²) in [7, 11) is 0. The predicted octanol–water partition coefficient (Wildman–Crippen LogP) is 3.99. The first-order chi connectivity index (χ1) is 12.8. The van der Waals surface area contributed by atoms with Crippen LogP contribution < -0.4 is 0 Å². The molecule has 2 amide bonds. The van der Waals surface area contributed by atoms with Crippen LogP contribution >= 0.6 is 23.2 Å². The molecule has 1 heterocycles. The molecule has 0 radical (unpaired) electrons. The van der Waals surface area contributed by atoms with Crippen molar-refractivity contribution in [1.29, 1.82) is 0 Å². The van der Waals surface area contributed by atoms with Crippen molar-refractivity contribution in [2.75, 3.05) is 6.54 Å². The van der Waals surface area contributed by atoms with Crippen molar-refractivity contribution in [3.63, 3.8) is 0 Å². The van der Waals surface area contributed by atoms with E-state index in [2.05, 4.69) is 0 Å². The highest BCUT2D eigenvalue weighted by Gasteiger charge is 2.27. The Labute approximate surface area is 167 Å². The van der Waals surface area contributed by atoms with Gasteiger partial charge in [0.15, 0.2) is 4.84 Å². The van der Waals surface area contributed by atoms with Crippen LogP contribution in [0.1, 0.15) is 25.2 Å². The Balaban J connectivity index is 2.18. The highest BCUT2D eigenvalue weighted by Crippen LogP contribution is 2.15. The van der Waals surface area contributed by atoms with Gasteiger partial charge in [0.05, 0.1) is 12.8 Å². The SMILES string of the molecule is CC(C)N(CC(=O)N(Cc1ccc(F)cc1)Cc1ccco1)C(=O)C(Cl)Cl. The number of furan rings is 1. The van der Waals surface area contributed by atoms with Gasteiger partial charge < -0.3 is 14.2 Å². The van der Waals surface area contributed by atoms with Crippen molar-refractivity contribution < 1.29 is 18.4 Å². The molecule has 0 saturated carbocycles. The first kappa shape index (κ1) is 21.3. The van der Waals surface area contributed by atoms with E-state index >= 15 is 0 Å². The lowest BCUT2D eigenvalue weighted by molar-refractivity contribution is -0.141. The molecule has 1 aromatic heterocycles. The molecule has 0 aliphatic carbocycles. The van der Waals surface area contributed by atoms with Gasteiger partial charge in [-0.05, 0) is 43.7 Å². The maximum atomic E-state index is 13.1. The lowest BCUT2D eigenvalue weighted by atomic mass is 10.2. The van der Waals surface area contributed by atoms with E-state index in [1.807, 2.05) is 0 Å². The third-order valence-electron chi connectivity index (χ3n) is 3.96. The standard InChI is InChI=1S/C19H21Cl2FN2O3/c1-13(2)24(19(26)18(20)21)12-17(25)23(11-16-4-3-9-27-16)10-14-5-7-15(22)8-6-14/h3-9,13,18H,10-12H2,1-2H3. The zero-order valence-electron chi connectivity index (χ0n) is 15.1. The van der Waals surface area contributed by atoms with Gasteiger partial charge in [-0.2, -0.15) is 0 Å². The molecule has 0 saturated heterocycles. The summed E-state index contributed by atoms with van der Waals surface area (Å²) in [5, 5.41) is 0. The van der Waals surface area contributed by atoms with E-state index in [9.17, 15) is 14.0 Å². The Bertz CT molecular complexity index is 749. The van der Waals surface area contributed by atoms with E-state index in [-0.39, 0.29) is 37.4 Å². The lowest BCUT2D eigenvalue weighted by Crippen LogP contribution is -2.47. The third kappa shape index (κ3) is 6.26. The van der Waals surface area contributed by atoms with E-state index in [0.717, 1.165) is 5.56 Å². The summed E-state index contributed by atoms with van der Waals surface area (Å²) < 4.78 is 18.5. The highest BCUT2D eigenvalue weighted by molar-refractivity contribution is 6.53. The number of hydrogen-bond donors (Lipinski definition) is 0. The first-order valence-electron chi connectivity index (χ1n) is 8.41. The van der Waals surface area contributed by atoms with Crippen LogP contribution in [0.4, 0.5) is 4.39 Å². The molecule has 8 heteroatoms. The van der Waals surface area contributed by atoms with Gasteiger partial charge in [0.2, 0.25) is 5.91 Å². The van der Waals surface area contributed by atoms with E-state index in [0.29, 0.717) is 5.76 Å². The molecule has 0 aliphatic rings. The van der Waals surface area contributed by atoms with Gasteiger partial charge in [-0.15, -0.1) is 0 Å². The third-order valence-corrected chi connectivity index (χ3v) is 4.34. The second-order valence-corrected chi connectivity index (χ2v) is 7.41. The number of carbonyl (C=O) groups is 2. The molecule has 0 fully saturated rings. The molecular formula is C19H21Cl2FN2O3. The van der Waals surface area contributed by atoms with Crippen molar-refractivity contribution in [3.05, 3.63) is 59.8 Å². The molecular weight excluding hydrogens is 394 g/mol. The van der Waals surface area contributed by atoms with Crippen LogP contribution in [0.3, 0.4) is 0 Å². The van der Waals surface area contributed by atoms with Crippen molar-refractivity contribution in [2.45, 2.75) is 37.8 Å². The van der Waals surface area contributed by atoms with Gasteiger partial charge in [-0.25, -0.2) is 4.39 Å². The molecule has 5 nitrogen and oxygen atoms in total. The molecule has 146 valence electrons. The Morgan fingerprint density at radius 3 is 2.30 bits per heavy atom. The number of hydrogen-bond acceptors (Lipinski definition) is 3. The summed E-state index contributed by atoms with van der Waals surface area (Å²) in [6.07, 6.45) is 1.52. The average molecular weight is 415 g/mol. The maximum Gasteiger partial charge on any atom is 0.256 e. The Morgan fingerprint density at radius 1 is 1.11 bits per heavy atom. The second-order valence-electron chi connectivity index (χ2n) is 6.32. The summed E-state index contributed by atoms with van der Waals surface area (Å²) in [6, 6.07) is 9.11. The molecule has 27 heavy (non-hydrogen) atoms. The Morgan fingerprint density at radius 2 is 1.78 bits per heavy atom. The van der Waals surface area contributed by atoms with Crippen LogP contribution in [-0.4, -0.2) is 39.0 Å². The van der Waals surface area contributed by atoms with Gasteiger partial charge in [0.25, 0.3) is 5.91 Å². The zero-order chi connectivity index (χ0) is 20.0. The number of rotatable bonds is 8. The number of benzene rings is 1. The van der Waals surface area contributed by atoms with Gasteiger partial charge in [-0.1, -0.05) is 35.3 Å². The molecule has 0 aliphatic heterocycles. The topological polar surface area (TPSA) is 53.8 Å². The van der Waals surface area contributed by atoms with E-state index in [1.54, 1.807) is 38.1 Å². The maximum absolute atomic E-state index is 13.1. The van der Waals surface area contributed by atoms with Crippen LogP contribution in [0.5, 0.6) is 0 Å². The molecule has 0 atom stereocenters. The quantitative estimate of drug-likeness (QED) is 0.613. The summed E-state index contributed by atoms with van der Waals surface area (Å²) >= 11 is 11.4. The minimum Gasteiger partial charge on any atom is -0.467 e. The normalized spacial score (nSPS) is 11.1. The molecule has 0 N–H and O–H groups in total. The summed E-state index contributed by atoms with van der Waals surface area (Å²) in [5.41, 5.74) is 0.756. The molecule has 0 spiro atoms. The Hall–Kier alpha value is -2.05. The summed E-state index contributed by atoms with van der Waals surface area (Å²) in [6.45, 7) is 3.84. The van der Waals surface area contributed by atoms with Crippen molar-refractivity contribution in [2.24, 2.45) is 0 Å². The molecule has 2 aromatic rings. The molecule has 2 rings (SSSR count). The van der Waals surface area contributed by atoms with Crippen LogP contribution in [0.25, 0.3) is 0 Å². The summed E-state index contributed by atoms with van der Waals surface area (Å²) in [5.74, 6) is -0.580. The smallest absolute Gasteiger partial charge is 0.256 e. The van der Waals surface area contributed by atoms with E-state index < -0.39 is 10.7 Å². The number of carbonyl (C=O) groups excluding carboxylic acids is 2. The molecule has 0 bridgehead atoms. The first-order valence-corrected chi connectivity index (χ1v) is 9.28. The van der Waals surface area contributed by atoms with Crippen LogP contribution in [0.15, 0.2) is 47.1 Å². The van der Waals surface area contributed by atoms with Gasteiger partial charge in [-0.3, -0.25) is 9.59 Å². The minimum absolute atomic E-state index is 0.172. The largest absolute Gasteiger partial charge is 0.467 e. The zero-order valence-corrected chi connectivity index (χ0v) is 16.6. The van der Waals surface area contributed by atoms with E-state index in [4.69, 9.17) is 27.6 Å². The minimum atomic E-state index is -1.24. The number of amides is 2. The number of alkyl halides is 2. The lowest BCUT2D eigenvalue weighted by Gasteiger charge is -2.30. The van der Waals surface area contributed by atoms with Gasteiger partial charge in [0.1, 0.15) is 18.1 Å². The second kappa shape index (κ2) is 9.76. The fourth-order valence-electron chi connectivity index (χ4n) is 2.52. The van der Waals surface area contributed by atoms with Crippen LogP contribution in [0.2, 0.25) is 0 Å². The predicted molar refractivity (Wildman–Crippen MR) is 102 cm³/mol. The monoisotopic (exact) mass is 414 g/mol. The average Bonchev–Trinajstić information content (AvgIpc) is 3.13.